The number of hydrogen-bond donors (Lipinski definition) is 2. The molecule has 0 heterocycles. The maximum Gasteiger partial charge on any atom is 0.303 e. The molecule has 4 heteroatoms. The zero-order valence-corrected chi connectivity index (χ0v) is 8.53. The minimum Gasteiger partial charge on any atom is -0.481 e. The van der Waals surface area contributed by atoms with E-state index < -0.39 is 5.97 Å². The van der Waals surface area contributed by atoms with Crippen LogP contribution in [0.4, 0.5) is 10.1 Å². The van der Waals surface area contributed by atoms with E-state index in [0.29, 0.717) is 12.2 Å². The van der Waals surface area contributed by atoms with Gasteiger partial charge in [0.1, 0.15) is 5.82 Å². The van der Waals surface area contributed by atoms with Crippen LogP contribution in [0, 0.1) is 11.7 Å². The van der Waals surface area contributed by atoms with E-state index in [0.717, 1.165) is 0 Å². The third-order valence-electron chi connectivity index (χ3n) is 2.04. The number of rotatable bonds is 5. The van der Waals surface area contributed by atoms with Gasteiger partial charge in [-0.05, 0) is 18.1 Å². The molecule has 0 fully saturated rings. The van der Waals surface area contributed by atoms with E-state index in [2.05, 4.69) is 5.32 Å². The maximum atomic E-state index is 13.1. The summed E-state index contributed by atoms with van der Waals surface area (Å²) in [7, 11) is 0. The minimum atomic E-state index is -0.835. The average molecular weight is 211 g/mol. The van der Waals surface area contributed by atoms with Gasteiger partial charge in [-0.15, -0.1) is 0 Å². The van der Waals surface area contributed by atoms with Crippen LogP contribution in [0.5, 0.6) is 0 Å². The second-order valence-corrected chi connectivity index (χ2v) is 3.56. The van der Waals surface area contributed by atoms with Crippen molar-refractivity contribution in [2.75, 3.05) is 11.9 Å². The molecule has 3 nitrogen and oxygen atoms in total. The van der Waals surface area contributed by atoms with Crippen LogP contribution in [-0.2, 0) is 4.79 Å². The highest BCUT2D eigenvalue weighted by Crippen LogP contribution is 2.13. The quantitative estimate of drug-likeness (QED) is 0.786. The summed E-state index contributed by atoms with van der Waals surface area (Å²) < 4.78 is 13.1. The molecule has 2 N–H and O–H groups in total. The first-order chi connectivity index (χ1) is 7.09. The van der Waals surface area contributed by atoms with Crippen LogP contribution in [0.1, 0.15) is 13.3 Å². The van der Waals surface area contributed by atoms with E-state index in [1.54, 1.807) is 18.2 Å². The zero-order valence-electron chi connectivity index (χ0n) is 8.53. The molecule has 1 aromatic rings. The fourth-order valence-corrected chi connectivity index (χ4v) is 1.26. The van der Waals surface area contributed by atoms with Crippen molar-refractivity contribution in [3.8, 4) is 0 Å². The lowest BCUT2D eigenvalue weighted by Gasteiger charge is -2.11. The Morgan fingerprint density at radius 3 is 2.80 bits per heavy atom. The first-order valence-corrected chi connectivity index (χ1v) is 4.80. The molecule has 0 aliphatic rings. The smallest absolute Gasteiger partial charge is 0.303 e. The number of carboxylic acids is 1. The standard InChI is InChI=1S/C11H14FNO2/c1-8(6-11(14)15)7-13-10-5-3-2-4-9(10)12/h2-5,8,13H,6-7H2,1H3,(H,14,15). The Hall–Kier alpha value is -1.58. The monoisotopic (exact) mass is 211 g/mol. The molecule has 0 aromatic heterocycles. The van der Waals surface area contributed by atoms with Crippen LogP contribution in [0.25, 0.3) is 0 Å². The number of para-hydroxylation sites is 1. The van der Waals surface area contributed by atoms with Gasteiger partial charge >= 0.3 is 5.97 Å². The molecule has 0 aliphatic heterocycles. The van der Waals surface area contributed by atoms with E-state index in [9.17, 15) is 9.18 Å². The Morgan fingerprint density at radius 1 is 1.53 bits per heavy atom. The molecule has 1 unspecified atom stereocenters. The van der Waals surface area contributed by atoms with Crippen LogP contribution in [0.2, 0.25) is 0 Å². The van der Waals surface area contributed by atoms with Crippen LogP contribution in [0.3, 0.4) is 0 Å². The van der Waals surface area contributed by atoms with Gasteiger partial charge in [-0.25, -0.2) is 4.39 Å². The average Bonchev–Trinajstić information content (AvgIpc) is 2.15. The number of benzene rings is 1. The van der Waals surface area contributed by atoms with Gasteiger partial charge in [0, 0.05) is 13.0 Å². The van der Waals surface area contributed by atoms with Gasteiger partial charge in [0.15, 0.2) is 0 Å². The highest BCUT2D eigenvalue weighted by Gasteiger charge is 2.08. The summed E-state index contributed by atoms with van der Waals surface area (Å²) in [6.45, 7) is 2.26. The molecule has 1 rings (SSSR count). The predicted molar refractivity (Wildman–Crippen MR) is 56.3 cm³/mol. The number of hydrogen-bond acceptors (Lipinski definition) is 2. The van der Waals surface area contributed by atoms with Crippen LogP contribution in [-0.4, -0.2) is 17.6 Å². The number of carbonyl (C=O) groups is 1. The van der Waals surface area contributed by atoms with Gasteiger partial charge in [0.25, 0.3) is 0 Å². The van der Waals surface area contributed by atoms with Crippen LogP contribution >= 0.6 is 0 Å². The molecule has 0 aliphatic carbocycles. The summed E-state index contributed by atoms with van der Waals surface area (Å²) in [5.74, 6) is -1.18. The SMILES string of the molecule is CC(CNc1ccccc1F)CC(=O)O. The van der Waals surface area contributed by atoms with Gasteiger partial charge in [-0.3, -0.25) is 4.79 Å². The second-order valence-electron chi connectivity index (χ2n) is 3.56. The first-order valence-electron chi connectivity index (χ1n) is 4.80. The number of anilines is 1. The second kappa shape index (κ2) is 5.34. The van der Waals surface area contributed by atoms with Crippen LogP contribution in [0.15, 0.2) is 24.3 Å². The number of halogens is 1. The molecule has 0 spiro atoms. The molecule has 0 amide bonds. The van der Waals surface area contributed by atoms with Crippen molar-refractivity contribution in [1.82, 2.24) is 0 Å². The first kappa shape index (κ1) is 11.5. The van der Waals surface area contributed by atoms with Crippen molar-refractivity contribution < 1.29 is 14.3 Å². The molecule has 0 bridgehead atoms. The number of carboxylic acid groups (broad SMARTS) is 1. The molecule has 82 valence electrons. The molecule has 1 atom stereocenters. The molecule has 0 saturated heterocycles. The lowest BCUT2D eigenvalue weighted by atomic mass is 10.1. The lowest BCUT2D eigenvalue weighted by Crippen LogP contribution is -2.15. The Bertz CT molecular complexity index is 341. The van der Waals surface area contributed by atoms with E-state index >= 15 is 0 Å². The summed E-state index contributed by atoms with van der Waals surface area (Å²) in [5, 5.41) is 11.4. The van der Waals surface area contributed by atoms with Gasteiger partial charge < -0.3 is 10.4 Å². The van der Waals surface area contributed by atoms with Crippen LogP contribution < -0.4 is 5.32 Å². The van der Waals surface area contributed by atoms with Crippen molar-refractivity contribution in [1.29, 1.82) is 0 Å². The van der Waals surface area contributed by atoms with Gasteiger partial charge in [-0.2, -0.15) is 0 Å². The number of aliphatic carboxylic acids is 1. The molecule has 0 radical (unpaired) electrons. The van der Waals surface area contributed by atoms with Gasteiger partial charge in [-0.1, -0.05) is 19.1 Å². The van der Waals surface area contributed by atoms with E-state index in [-0.39, 0.29) is 18.2 Å². The Labute approximate surface area is 87.9 Å². The van der Waals surface area contributed by atoms with Crippen molar-refractivity contribution in [2.24, 2.45) is 5.92 Å². The Balaban J connectivity index is 2.43. The summed E-state index contributed by atoms with van der Waals surface area (Å²) in [6.07, 6.45) is 0.0848. The van der Waals surface area contributed by atoms with Gasteiger partial charge in [0.2, 0.25) is 0 Å². The third kappa shape index (κ3) is 3.97. The highest BCUT2D eigenvalue weighted by atomic mass is 19.1. The lowest BCUT2D eigenvalue weighted by molar-refractivity contribution is -0.137. The van der Waals surface area contributed by atoms with Gasteiger partial charge in [0.05, 0.1) is 5.69 Å². The fourth-order valence-electron chi connectivity index (χ4n) is 1.26. The summed E-state index contributed by atoms with van der Waals surface area (Å²) in [5.41, 5.74) is 0.412. The maximum absolute atomic E-state index is 13.1. The highest BCUT2D eigenvalue weighted by molar-refractivity contribution is 5.67. The molecular weight excluding hydrogens is 197 g/mol. The molecular formula is C11H14FNO2. The van der Waals surface area contributed by atoms with E-state index in [1.807, 2.05) is 6.92 Å². The Morgan fingerprint density at radius 2 is 2.20 bits per heavy atom. The van der Waals surface area contributed by atoms with Crippen molar-refractivity contribution in [2.45, 2.75) is 13.3 Å². The minimum absolute atomic E-state index is 0.0258. The summed E-state index contributed by atoms with van der Waals surface area (Å²) in [4.78, 5) is 10.4. The number of nitrogens with one attached hydrogen (secondary N) is 1. The third-order valence-corrected chi connectivity index (χ3v) is 2.04. The van der Waals surface area contributed by atoms with Crippen molar-refractivity contribution in [3.05, 3.63) is 30.1 Å². The topological polar surface area (TPSA) is 49.3 Å². The predicted octanol–water partition coefficient (Wildman–Crippen LogP) is 2.35. The van der Waals surface area contributed by atoms with Crippen molar-refractivity contribution >= 4 is 11.7 Å². The Kier molecular flexibility index (Phi) is 4.09. The molecule has 1 aromatic carbocycles. The van der Waals surface area contributed by atoms with Crippen molar-refractivity contribution in [3.63, 3.8) is 0 Å². The summed E-state index contributed by atoms with van der Waals surface area (Å²) >= 11 is 0. The largest absolute Gasteiger partial charge is 0.481 e. The zero-order chi connectivity index (χ0) is 11.3. The van der Waals surface area contributed by atoms with E-state index in [1.165, 1.54) is 6.07 Å². The molecule has 15 heavy (non-hydrogen) atoms. The normalized spacial score (nSPS) is 12.1. The summed E-state index contributed by atoms with van der Waals surface area (Å²) in [6, 6.07) is 6.33. The molecule has 0 saturated carbocycles. The fraction of sp³-hybridized carbons (Fsp3) is 0.364. The van der Waals surface area contributed by atoms with E-state index in [4.69, 9.17) is 5.11 Å².